The molecule has 0 aromatic carbocycles. The van der Waals surface area contributed by atoms with E-state index in [0.29, 0.717) is 6.54 Å². The summed E-state index contributed by atoms with van der Waals surface area (Å²) in [6, 6.07) is 0. The maximum Gasteiger partial charge on any atom is 0.307 e. The fourth-order valence-electron chi connectivity index (χ4n) is 1.13. The standard InChI is InChI=1S/C10H19NO3/c1-4-5-8(2)10(13)11-7-6-9(12)14-3/h8H,4-7H2,1-3H3,(H,11,13). The third-order valence-corrected chi connectivity index (χ3v) is 2.03. The van der Waals surface area contributed by atoms with E-state index in [-0.39, 0.29) is 24.2 Å². The largest absolute Gasteiger partial charge is 0.469 e. The van der Waals surface area contributed by atoms with E-state index < -0.39 is 0 Å². The first kappa shape index (κ1) is 12.9. The molecule has 0 rings (SSSR count). The lowest BCUT2D eigenvalue weighted by Crippen LogP contribution is -2.31. The first-order valence-corrected chi connectivity index (χ1v) is 4.96. The van der Waals surface area contributed by atoms with E-state index in [2.05, 4.69) is 10.1 Å². The minimum Gasteiger partial charge on any atom is -0.469 e. The van der Waals surface area contributed by atoms with Crippen LogP contribution in [0.25, 0.3) is 0 Å². The van der Waals surface area contributed by atoms with E-state index in [9.17, 15) is 9.59 Å². The summed E-state index contributed by atoms with van der Waals surface area (Å²) in [6.45, 7) is 4.29. The van der Waals surface area contributed by atoms with E-state index in [1.165, 1.54) is 7.11 Å². The van der Waals surface area contributed by atoms with Crippen LogP contribution < -0.4 is 5.32 Å². The number of amides is 1. The van der Waals surface area contributed by atoms with Gasteiger partial charge in [0.05, 0.1) is 13.5 Å². The summed E-state index contributed by atoms with van der Waals surface area (Å²) in [6.07, 6.45) is 2.11. The molecule has 0 heterocycles. The molecule has 0 fully saturated rings. The van der Waals surface area contributed by atoms with E-state index >= 15 is 0 Å². The molecule has 82 valence electrons. The molecule has 0 aliphatic rings. The normalized spacial score (nSPS) is 11.9. The summed E-state index contributed by atoms with van der Waals surface area (Å²) in [5.41, 5.74) is 0. The van der Waals surface area contributed by atoms with Crippen molar-refractivity contribution in [3.05, 3.63) is 0 Å². The molecule has 1 N–H and O–H groups in total. The Bertz CT molecular complexity index is 192. The van der Waals surface area contributed by atoms with Gasteiger partial charge in [0.2, 0.25) is 5.91 Å². The highest BCUT2D eigenvalue weighted by molar-refractivity contribution is 5.79. The number of nitrogens with one attached hydrogen (secondary N) is 1. The molecule has 0 saturated carbocycles. The Morgan fingerprint density at radius 3 is 2.57 bits per heavy atom. The van der Waals surface area contributed by atoms with Crippen molar-refractivity contribution in [1.29, 1.82) is 0 Å². The van der Waals surface area contributed by atoms with Crippen molar-refractivity contribution in [2.75, 3.05) is 13.7 Å². The highest BCUT2D eigenvalue weighted by Gasteiger charge is 2.11. The highest BCUT2D eigenvalue weighted by atomic mass is 16.5. The monoisotopic (exact) mass is 201 g/mol. The summed E-state index contributed by atoms with van der Waals surface area (Å²) >= 11 is 0. The molecule has 0 aliphatic heterocycles. The summed E-state index contributed by atoms with van der Waals surface area (Å²) < 4.78 is 4.45. The van der Waals surface area contributed by atoms with Gasteiger partial charge >= 0.3 is 5.97 Å². The zero-order chi connectivity index (χ0) is 11.0. The minimum atomic E-state index is -0.298. The topological polar surface area (TPSA) is 55.4 Å². The molecule has 4 heteroatoms. The molecule has 0 aromatic heterocycles. The Labute approximate surface area is 85.0 Å². The molecular weight excluding hydrogens is 182 g/mol. The Hall–Kier alpha value is -1.06. The van der Waals surface area contributed by atoms with Crippen LogP contribution in [0, 0.1) is 5.92 Å². The van der Waals surface area contributed by atoms with Gasteiger partial charge in [0, 0.05) is 12.5 Å². The van der Waals surface area contributed by atoms with Gasteiger partial charge in [0.25, 0.3) is 0 Å². The van der Waals surface area contributed by atoms with Gasteiger partial charge in [0.15, 0.2) is 0 Å². The van der Waals surface area contributed by atoms with Gasteiger partial charge in [-0.2, -0.15) is 0 Å². The maximum atomic E-state index is 11.3. The van der Waals surface area contributed by atoms with Crippen molar-refractivity contribution in [1.82, 2.24) is 5.32 Å². The molecule has 4 nitrogen and oxygen atoms in total. The van der Waals surface area contributed by atoms with Gasteiger partial charge in [-0.15, -0.1) is 0 Å². The predicted octanol–water partition coefficient (Wildman–Crippen LogP) is 1.10. The quantitative estimate of drug-likeness (QED) is 0.655. The number of hydrogen-bond donors (Lipinski definition) is 1. The SMILES string of the molecule is CCCC(C)C(=O)NCCC(=O)OC. The van der Waals surface area contributed by atoms with Crippen molar-refractivity contribution in [3.63, 3.8) is 0 Å². The smallest absolute Gasteiger partial charge is 0.307 e. The molecule has 0 aliphatic carbocycles. The number of ether oxygens (including phenoxy) is 1. The van der Waals surface area contributed by atoms with Crippen molar-refractivity contribution in [2.24, 2.45) is 5.92 Å². The molecule has 0 bridgehead atoms. The fourth-order valence-corrected chi connectivity index (χ4v) is 1.13. The van der Waals surface area contributed by atoms with Crippen LogP contribution in [-0.2, 0) is 14.3 Å². The summed E-state index contributed by atoms with van der Waals surface area (Å²) in [5, 5.41) is 2.69. The highest BCUT2D eigenvalue weighted by Crippen LogP contribution is 2.04. The minimum absolute atomic E-state index is 0.00996. The number of methoxy groups -OCH3 is 1. The summed E-state index contributed by atoms with van der Waals surface area (Å²) in [4.78, 5) is 22.1. The lowest BCUT2D eigenvalue weighted by molar-refractivity contribution is -0.140. The van der Waals surface area contributed by atoms with E-state index in [1.807, 2.05) is 13.8 Å². The van der Waals surface area contributed by atoms with Gasteiger partial charge in [-0.25, -0.2) is 0 Å². The molecule has 0 aromatic rings. The molecule has 1 unspecified atom stereocenters. The molecule has 1 amide bonds. The summed E-state index contributed by atoms with van der Waals surface area (Å²) in [5.74, 6) is -0.262. The van der Waals surface area contributed by atoms with E-state index in [4.69, 9.17) is 0 Å². The third kappa shape index (κ3) is 5.56. The zero-order valence-electron chi connectivity index (χ0n) is 9.13. The Kier molecular flexibility index (Phi) is 6.80. The van der Waals surface area contributed by atoms with Gasteiger partial charge in [-0.05, 0) is 6.42 Å². The van der Waals surface area contributed by atoms with Crippen LogP contribution in [-0.4, -0.2) is 25.5 Å². The first-order chi connectivity index (χ1) is 6.61. The third-order valence-electron chi connectivity index (χ3n) is 2.03. The number of carbonyl (C=O) groups is 2. The van der Waals surface area contributed by atoms with Gasteiger partial charge in [-0.1, -0.05) is 20.3 Å². The molecule has 0 radical (unpaired) electrons. The van der Waals surface area contributed by atoms with Crippen LogP contribution in [0.15, 0.2) is 0 Å². The van der Waals surface area contributed by atoms with Crippen LogP contribution in [0.4, 0.5) is 0 Å². The second kappa shape index (κ2) is 7.35. The van der Waals surface area contributed by atoms with Gasteiger partial charge in [-0.3, -0.25) is 9.59 Å². The fraction of sp³-hybridized carbons (Fsp3) is 0.800. The number of carbonyl (C=O) groups excluding carboxylic acids is 2. The van der Waals surface area contributed by atoms with Crippen LogP contribution >= 0.6 is 0 Å². The number of hydrogen-bond acceptors (Lipinski definition) is 3. The lowest BCUT2D eigenvalue weighted by Gasteiger charge is -2.10. The Morgan fingerprint density at radius 1 is 1.43 bits per heavy atom. The van der Waals surface area contributed by atoms with Crippen molar-refractivity contribution in [2.45, 2.75) is 33.1 Å². The van der Waals surface area contributed by atoms with Gasteiger partial charge < -0.3 is 10.1 Å². The van der Waals surface area contributed by atoms with Crippen molar-refractivity contribution >= 4 is 11.9 Å². The first-order valence-electron chi connectivity index (χ1n) is 4.96. The summed E-state index contributed by atoms with van der Waals surface area (Å²) in [7, 11) is 1.34. The second-order valence-corrected chi connectivity index (χ2v) is 3.31. The molecular formula is C10H19NO3. The molecule has 0 spiro atoms. The molecule has 1 atom stereocenters. The maximum absolute atomic E-state index is 11.3. The second-order valence-electron chi connectivity index (χ2n) is 3.31. The zero-order valence-corrected chi connectivity index (χ0v) is 9.13. The van der Waals surface area contributed by atoms with Crippen LogP contribution in [0.5, 0.6) is 0 Å². The van der Waals surface area contributed by atoms with Crippen molar-refractivity contribution in [3.8, 4) is 0 Å². The van der Waals surface area contributed by atoms with Crippen LogP contribution in [0.2, 0.25) is 0 Å². The van der Waals surface area contributed by atoms with Crippen LogP contribution in [0.3, 0.4) is 0 Å². The van der Waals surface area contributed by atoms with E-state index in [0.717, 1.165) is 12.8 Å². The number of rotatable bonds is 6. The van der Waals surface area contributed by atoms with Crippen molar-refractivity contribution < 1.29 is 14.3 Å². The average Bonchev–Trinajstić information content (AvgIpc) is 2.17. The Morgan fingerprint density at radius 2 is 2.07 bits per heavy atom. The average molecular weight is 201 g/mol. The van der Waals surface area contributed by atoms with E-state index in [1.54, 1.807) is 0 Å². The molecule has 0 saturated heterocycles. The lowest BCUT2D eigenvalue weighted by atomic mass is 10.1. The van der Waals surface area contributed by atoms with Crippen LogP contribution in [0.1, 0.15) is 33.1 Å². The Balaban J connectivity index is 3.58. The predicted molar refractivity (Wildman–Crippen MR) is 53.7 cm³/mol. The molecule has 14 heavy (non-hydrogen) atoms. The number of esters is 1. The van der Waals surface area contributed by atoms with Gasteiger partial charge in [0.1, 0.15) is 0 Å².